The van der Waals surface area contributed by atoms with E-state index in [1.54, 1.807) is 6.07 Å². The molecule has 1 aromatic carbocycles. The molecule has 0 spiro atoms. The van der Waals surface area contributed by atoms with Crippen LogP contribution >= 0.6 is 23.6 Å². The lowest BCUT2D eigenvalue weighted by Crippen LogP contribution is -2.41. The minimum atomic E-state index is -4.77. The zero-order valence-corrected chi connectivity index (χ0v) is 15.9. The first-order valence-corrected chi connectivity index (χ1v) is 8.83. The molecule has 1 heterocycles. The van der Waals surface area contributed by atoms with Crippen LogP contribution in [0, 0.1) is 17.8 Å². The number of aryl methyl sites for hydroxylation is 2. The molecule has 1 N–H and O–H groups in total. The number of anilines is 2. The van der Waals surface area contributed by atoms with Crippen molar-refractivity contribution in [3.63, 3.8) is 0 Å². The Morgan fingerprint density at radius 2 is 1.67 bits per heavy atom. The van der Waals surface area contributed by atoms with Crippen molar-refractivity contribution in [2.45, 2.75) is 32.9 Å². The molecule has 0 unspecified atom stereocenters. The lowest BCUT2D eigenvalue weighted by atomic mass is 10.1. The molecule has 0 saturated carbocycles. The predicted octanol–water partition coefficient (Wildman–Crippen LogP) is 5.42. The Labute approximate surface area is 160 Å². The minimum absolute atomic E-state index is 0.0654. The summed E-state index contributed by atoms with van der Waals surface area (Å²) in [6.07, 6.45) is -9.55. The Balaban J connectivity index is 2.17. The van der Waals surface area contributed by atoms with Crippen molar-refractivity contribution in [1.29, 1.82) is 0 Å². The van der Waals surface area contributed by atoms with Crippen molar-refractivity contribution in [3.8, 4) is 0 Å². The van der Waals surface area contributed by atoms with Gasteiger partial charge in [-0.2, -0.15) is 26.3 Å². The first-order valence-electron chi connectivity index (χ1n) is 7.60. The average Bonchev–Trinajstić information content (AvgIpc) is 2.79. The highest BCUT2D eigenvalue weighted by Crippen LogP contribution is 2.25. The second kappa shape index (κ2) is 8.15. The fourth-order valence-corrected chi connectivity index (χ4v) is 3.25. The molecule has 1 aromatic heterocycles. The molecule has 0 fully saturated rings. The number of hydrogen-bond acceptors (Lipinski definition) is 5. The van der Waals surface area contributed by atoms with Crippen molar-refractivity contribution in [2.75, 3.05) is 18.4 Å². The topological polar surface area (TPSA) is 33.1 Å². The van der Waals surface area contributed by atoms with Crippen LogP contribution in [-0.2, 0) is 6.67 Å². The molecule has 2 rings (SSSR count). The van der Waals surface area contributed by atoms with Crippen LogP contribution in [0.4, 0.5) is 37.2 Å². The molecule has 0 saturated heterocycles. The van der Waals surface area contributed by atoms with Crippen LogP contribution in [0.25, 0.3) is 0 Å². The zero-order valence-electron chi connectivity index (χ0n) is 14.3. The lowest BCUT2D eigenvalue weighted by Gasteiger charge is -2.24. The molecule has 4 nitrogen and oxygen atoms in total. The smallest absolute Gasteiger partial charge is 0.330 e. The van der Waals surface area contributed by atoms with E-state index in [0.717, 1.165) is 27.1 Å². The van der Waals surface area contributed by atoms with E-state index in [1.807, 2.05) is 26.0 Å². The summed E-state index contributed by atoms with van der Waals surface area (Å²) in [4.78, 5) is 0.204. The van der Waals surface area contributed by atoms with E-state index in [2.05, 4.69) is 10.4 Å². The fraction of sp³-hybridized carbons (Fsp3) is 0.467. The van der Waals surface area contributed by atoms with E-state index in [9.17, 15) is 26.3 Å². The Bertz CT molecular complexity index is 824. The summed E-state index contributed by atoms with van der Waals surface area (Å²) >= 11 is 5.99. The predicted molar refractivity (Wildman–Crippen MR) is 93.8 cm³/mol. The molecule has 0 atom stereocenters. The summed E-state index contributed by atoms with van der Waals surface area (Å²) in [5.74, 6) is 0. The summed E-state index contributed by atoms with van der Waals surface area (Å²) in [7, 11) is 0. The maximum Gasteiger partial charge on any atom is 0.401 e. The van der Waals surface area contributed by atoms with Crippen LogP contribution in [0.2, 0.25) is 0 Å². The van der Waals surface area contributed by atoms with E-state index >= 15 is 0 Å². The van der Waals surface area contributed by atoms with Crippen molar-refractivity contribution in [1.82, 2.24) is 14.7 Å². The van der Waals surface area contributed by atoms with E-state index in [-0.39, 0.29) is 14.0 Å². The summed E-state index contributed by atoms with van der Waals surface area (Å²) in [6, 6.07) is 5.52. The van der Waals surface area contributed by atoms with Gasteiger partial charge in [-0.3, -0.25) is 4.90 Å². The van der Waals surface area contributed by atoms with Gasteiger partial charge in [0.2, 0.25) is 5.13 Å². The van der Waals surface area contributed by atoms with Gasteiger partial charge in [0.25, 0.3) is 0 Å². The first-order chi connectivity index (χ1) is 12.3. The molecule has 0 aliphatic rings. The van der Waals surface area contributed by atoms with Crippen molar-refractivity contribution < 1.29 is 26.3 Å². The van der Waals surface area contributed by atoms with Crippen molar-refractivity contribution in [2.24, 2.45) is 0 Å². The van der Waals surface area contributed by atoms with Crippen LogP contribution in [0.5, 0.6) is 0 Å². The Morgan fingerprint density at radius 1 is 1.07 bits per heavy atom. The highest BCUT2D eigenvalue weighted by atomic mass is 32.1. The van der Waals surface area contributed by atoms with Gasteiger partial charge in [0, 0.05) is 5.69 Å². The van der Waals surface area contributed by atoms with Gasteiger partial charge in [-0.05, 0) is 49.3 Å². The Hall–Kier alpha value is -1.66. The van der Waals surface area contributed by atoms with Crippen molar-refractivity contribution >= 4 is 34.4 Å². The van der Waals surface area contributed by atoms with Crippen LogP contribution in [0.3, 0.4) is 0 Å². The molecule has 0 bridgehead atoms. The van der Waals surface area contributed by atoms with E-state index in [4.69, 9.17) is 12.2 Å². The number of benzene rings is 1. The normalized spacial score (nSPS) is 12.6. The Morgan fingerprint density at radius 3 is 2.19 bits per heavy atom. The second-order valence-electron chi connectivity index (χ2n) is 5.96. The number of aromatic nitrogens is 2. The van der Waals surface area contributed by atoms with Gasteiger partial charge >= 0.3 is 12.4 Å². The number of nitrogens with one attached hydrogen (secondary N) is 1. The summed E-state index contributed by atoms with van der Waals surface area (Å²) < 4.78 is 76.4. The number of hydrogen-bond donors (Lipinski definition) is 1. The summed E-state index contributed by atoms with van der Waals surface area (Å²) in [5, 5.41) is 7.24. The molecular weight excluding hydrogens is 414 g/mol. The third-order valence-electron chi connectivity index (χ3n) is 3.50. The molecule has 150 valence electrons. The highest BCUT2D eigenvalue weighted by molar-refractivity contribution is 7.73. The minimum Gasteiger partial charge on any atom is -0.330 e. The molecule has 0 aliphatic carbocycles. The molecule has 12 heteroatoms. The van der Waals surface area contributed by atoms with Gasteiger partial charge in [-0.15, -0.1) is 5.10 Å². The van der Waals surface area contributed by atoms with Gasteiger partial charge in [0.1, 0.15) is 0 Å². The quantitative estimate of drug-likeness (QED) is 0.490. The number of nitrogens with zero attached hydrogens (tertiary/aromatic N) is 3. The highest BCUT2D eigenvalue weighted by Gasteiger charge is 2.37. The van der Waals surface area contributed by atoms with Crippen LogP contribution in [0.1, 0.15) is 11.1 Å². The molecule has 0 radical (unpaired) electrons. The van der Waals surface area contributed by atoms with Gasteiger partial charge in [-0.25, -0.2) is 4.68 Å². The monoisotopic (exact) mass is 430 g/mol. The molecule has 27 heavy (non-hydrogen) atoms. The van der Waals surface area contributed by atoms with Crippen LogP contribution < -0.4 is 5.32 Å². The lowest BCUT2D eigenvalue weighted by molar-refractivity contribution is -0.185. The third kappa shape index (κ3) is 7.11. The van der Waals surface area contributed by atoms with E-state index in [1.165, 1.54) is 0 Å². The fourth-order valence-electron chi connectivity index (χ4n) is 2.24. The van der Waals surface area contributed by atoms with Gasteiger partial charge < -0.3 is 5.32 Å². The standard InChI is InChI=1S/C15H16F6N4S2/c1-9-3-4-11(5-10(9)2)22-12-23-25(13(26)27-12)8-24(6-14(16,17)18)7-15(19,20)21/h3-5H,6-8H2,1-2H3,(H,22,23). The zero-order chi connectivity index (χ0) is 20.4. The second-order valence-corrected chi connectivity index (χ2v) is 7.58. The van der Waals surface area contributed by atoms with Gasteiger partial charge in [0.15, 0.2) is 3.95 Å². The van der Waals surface area contributed by atoms with E-state index in [0.29, 0.717) is 5.69 Å². The SMILES string of the molecule is Cc1ccc(Nc2nn(CN(CC(F)(F)F)CC(F)(F)F)c(=S)s2)cc1C. The van der Waals surface area contributed by atoms with Gasteiger partial charge in [-0.1, -0.05) is 17.4 Å². The average molecular weight is 430 g/mol. The first kappa shape index (κ1) is 21.6. The Kier molecular flexibility index (Phi) is 6.53. The third-order valence-corrected chi connectivity index (χ3v) is 4.73. The van der Waals surface area contributed by atoms with E-state index < -0.39 is 32.1 Å². The largest absolute Gasteiger partial charge is 0.401 e. The van der Waals surface area contributed by atoms with Crippen molar-refractivity contribution in [3.05, 3.63) is 33.3 Å². The maximum absolute atomic E-state index is 12.6. The van der Waals surface area contributed by atoms with Gasteiger partial charge in [0.05, 0.1) is 19.8 Å². The molecular formula is C15H16F6N4S2. The molecule has 0 aliphatic heterocycles. The number of alkyl halides is 6. The summed E-state index contributed by atoms with van der Waals surface area (Å²) in [5.41, 5.74) is 2.79. The summed E-state index contributed by atoms with van der Waals surface area (Å²) in [6.45, 7) is -0.304. The number of rotatable bonds is 6. The molecule has 0 amide bonds. The maximum atomic E-state index is 12.6. The molecule has 2 aromatic rings. The van der Waals surface area contributed by atoms with Crippen LogP contribution in [-0.4, -0.2) is 40.1 Å². The van der Waals surface area contributed by atoms with Crippen LogP contribution in [0.15, 0.2) is 18.2 Å². The number of halogens is 6.